The van der Waals surface area contributed by atoms with E-state index in [1.165, 1.54) is 12.4 Å². The Morgan fingerprint density at radius 3 is 1.93 bits per heavy atom. The quantitative estimate of drug-likeness (QED) is 0.475. The zero-order chi connectivity index (χ0) is 19.9. The maximum absolute atomic E-state index is 12.4. The number of aromatic nitrogens is 2. The number of para-hydroxylation sites is 2. The zero-order valence-corrected chi connectivity index (χ0v) is 15.4. The third kappa shape index (κ3) is 4.95. The van der Waals surface area contributed by atoms with Gasteiger partial charge in [0.05, 0.1) is 5.56 Å². The van der Waals surface area contributed by atoms with Crippen LogP contribution in [0.15, 0.2) is 97.3 Å². The summed E-state index contributed by atoms with van der Waals surface area (Å²) in [4.78, 5) is 20.8. The fourth-order valence-corrected chi connectivity index (χ4v) is 2.59. The maximum Gasteiger partial charge on any atom is 0.258 e. The average molecular weight is 382 g/mol. The first-order valence-corrected chi connectivity index (χ1v) is 9.05. The molecule has 0 saturated heterocycles. The van der Waals surface area contributed by atoms with Crippen LogP contribution < -0.4 is 15.4 Å². The lowest BCUT2D eigenvalue weighted by Crippen LogP contribution is -2.13. The summed E-state index contributed by atoms with van der Waals surface area (Å²) < 4.78 is 5.75. The lowest BCUT2D eigenvalue weighted by Gasteiger charge is -2.08. The van der Waals surface area contributed by atoms with Crippen molar-refractivity contribution in [1.82, 2.24) is 9.97 Å². The molecular formula is C23H18N4O2. The van der Waals surface area contributed by atoms with Gasteiger partial charge in [0.15, 0.2) is 0 Å². The number of nitrogens with zero attached hydrogens (tertiary/aromatic N) is 2. The predicted molar refractivity (Wildman–Crippen MR) is 113 cm³/mol. The molecule has 0 aliphatic rings. The SMILES string of the molecule is O=C(Nc1ccc(Oc2ccccc2)cc1)c1cnc(Nc2ccccc2)nc1. The molecule has 4 rings (SSSR count). The van der Waals surface area contributed by atoms with E-state index in [-0.39, 0.29) is 5.91 Å². The van der Waals surface area contributed by atoms with Crippen LogP contribution >= 0.6 is 0 Å². The smallest absolute Gasteiger partial charge is 0.258 e. The van der Waals surface area contributed by atoms with E-state index >= 15 is 0 Å². The molecule has 3 aromatic carbocycles. The third-order valence-electron chi connectivity index (χ3n) is 4.04. The molecule has 4 aromatic rings. The van der Waals surface area contributed by atoms with Gasteiger partial charge in [-0.3, -0.25) is 4.79 Å². The molecule has 2 N–H and O–H groups in total. The second-order valence-corrected chi connectivity index (χ2v) is 6.18. The van der Waals surface area contributed by atoms with E-state index in [2.05, 4.69) is 20.6 Å². The number of carbonyl (C=O) groups is 1. The standard InChI is InChI=1S/C23H18N4O2/c28-22(17-15-24-23(25-16-17)27-18-7-3-1-4-8-18)26-19-11-13-21(14-12-19)29-20-9-5-2-6-10-20/h1-16H,(H,26,28)(H,24,25,27). The van der Waals surface area contributed by atoms with Crippen LogP contribution in [0.1, 0.15) is 10.4 Å². The van der Waals surface area contributed by atoms with Crippen molar-refractivity contribution >= 4 is 23.2 Å². The lowest BCUT2D eigenvalue weighted by molar-refractivity contribution is 0.102. The third-order valence-corrected chi connectivity index (χ3v) is 4.04. The van der Waals surface area contributed by atoms with Crippen molar-refractivity contribution in [1.29, 1.82) is 0 Å². The van der Waals surface area contributed by atoms with E-state index in [1.54, 1.807) is 24.3 Å². The summed E-state index contributed by atoms with van der Waals surface area (Å²) >= 11 is 0. The number of hydrogen-bond acceptors (Lipinski definition) is 5. The summed E-state index contributed by atoms with van der Waals surface area (Å²) in [6.45, 7) is 0. The van der Waals surface area contributed by atoms with Gasteiger partial charge in [-0.15, -0.1) is 0 Å². The Morgan fingerprint density at radius 2 is 1.28 bits per heavy atom. The molecule has 0 aliphatic carbocycles. The van der Waals surface area contributed by atoms with Crippen LogP contribution in [0.25, 0.3) is 0 Å². The van der Waals surface area contributed by atoms with Crippen molar-refractivity contribution in [2.75, 3.05) is 10.6 Å². The normalized spacial score (nSPS) is 10.2. The molecule has 29 heavy (non-hydrogen) atoms. The Balaban J connectivity index is 1.36. The first-order valence-electron chi connectivity index (χ1n) is 9.05. The predicted octanol–water partition coefficient (Wildman–Crippen LogP) is 5.26. The molecule has 0 spiro atoms. The largest absolute Gasteiger partial charge is 0.457 e. The number of amides is 1. The van der Waals surface area contributed by atoms with Crippen molar-refractivity contribution in [2.45, 2.75) is 0 Å². The molecule has 1 heterocycles. The highest BCUT2D eigenvalue weighted by atomic mass is 16.5. The van der Waals surface area contributed by atoms with E-state index < -0.39 is 0 Å². The Kier molecular flexibility index (Phi) is 5.43. The van der Waals surface area contributed by atoms with Crippen molar-refractivity contribution in [3.8, 4) is 11.5 Å². The zero-order valence-electron chi connectivity index (χ0n) is 15.4. The van der Waals surface area contributed by atoms with Gasteiger partial charge in [-0.05, 0) is 48.5 Å². The van der Waals surface area contributed by atoms with Crippen LogP contribution in [0.4, 0.5) is 17.3 Å². The summed E-state index contributed by atoms with van der Waals surface area (Å²) in [5.74, 6) is 1.59. The van der Waals surface area contributed by atoms with Crippen molar-refractivity contribution < 1.29 is 9.53 Å². The second kappa shape index (κ2) is 8.67. The molecule has 6 nitrogen and oxygen atoms in total. The van der Waals surface area contributed by atoms with E-state index in [9.17, 15) is 4.79 Å². The van der Waals surface area contributed by atoms with Gasteiger partial charge in [0.25, 0.3) is 5.91 Å². The molecule has 0 bridgehead atoms. The Hall–Kier alpha value is -4.19. The number of ether oxygens (including phenoxy) is 1. The molecule has 0 fully saturated rings. The Bertz CT molecular complexity index is 1070. The number of anilines is 3. The summed E-state index contributed by atoms with van der Waals surface area (Å²) in [6.07, 6.45) is 2.97. The van der Waals surface area contributed by atoms with E-state index in [4.69, 9.17) is 4.74 Å². The van der Waals surface area contributed by atoms with Crippen LogP contribution in [-0.2, 0) is 0 Å². The first kappa shape index (κ1) is 18.2. The minimum atomic E-state index is -0.284. The van der Waals surface area contributed by atoms with Gasteiger partial charge in [-0.25, -0.2) is 9.97 Å². The molecule has 0 saturated carbocycles. The highest BCUT2D eigenvalue weighted by molar-refractivity contribution is 6.03. The summed E-state index contributed by atoms with van der Waals surface area (Å²) in [5.41, 5.74) is 1.90. The van der Waals surface area contributed by atoms with E-state index in [1.807, 2.05) is 60.7 Å². The highest BCUT2D eigenvalue weighted by Gasteiger charge is 2.08. The second-order valence-electron chi connectivity index (χ2n) is 6.18. The van der Waals surface area contributed by atoms with Crippen LogP contribution in [0, 0.1) is 0 Å². The molecule has 142 valence electrons. The Labute approximate surface area is 168 Å². The summed E-state index contributed by atoms with van der Waals surface area (Å²) in [5, 5.41) is 5.90. The highest BCUT2D eigenvalue weighted by Crippen LogP contribution is 2.23. The van der Waals surface area contributed by atoms with E-state index in [0.29, 0.717) is 22.9 Å². The number of rotatable bonds is 6. The lowest BCUT2D eigenvalue weighted by atomic mass is 10.2. The van der Waals surface area contributed by atoms with Gasteiger partial charge in [-0.1, -0.05) is 36.4 Å². The fraction of sp³-hybridized carbons (Fsp3) is 0. The monoisotopic (exact) mass is 382 g/mol. The number of carbonyl (C=O) groups excluding carboxylic acids is 1. The molecule has 0 aliphatic heterocycles. The molecular weight excluding hydrogens is 364 g/mol. The van der Waals surface area contributed by atoms with Gasteiger partial charge in [-0.2, -0.15) is 0 Å². The maximum atomic E-state index is 12.4. The van der Waals surface area contributed by atoms with Gasteiger partial charge in [0, 0.05) is 23.8 Å². The summed E-state index contributed by atoms with van der Waals surface area (Å²) in [6, 6.07) is 26.3. The number of nitrogens with one attached hydrogen (secondary N) is 2. The molecule has 1 aromatic heterocycles. The fourth-order valence-electron chi connectivity index (χ4n) is 2.59. The van der Waals surface area contributed by atoms with Crippen LogP contribution in [0.2, 0.25) is 0 Å². The molecule has 0 atom stereocenters. The molecule has 0 radical (unpaired) electrons. The average Bonchev–Trinajstić information content (AvgIpc) is 2.77. The number of hydrogen-bond donors (Lipinski definition) is 2. The van der Waals surface area contributed by atoms with Gasteiger partial charge in [0.2, 0.25) is 5.95 Å². The van der Waals surface area contributed by atoms with Crippen LogP contribution in [0.3, 0.4) is 0 Å². The molecule has 0 unspecified atom stereocenters. The van der Waals surface area contributed by atoms with Crippen molar-refractivity contribution in [3.05, 3.63) is 103 Å². The van der Waals surface area contributed by atoms with Gasteiger partial charge < -0.3 is 15.4 Å². The van der Waals surface area contributed by atoms with Crippen molar-refractivity contribution in [2.24, 2.45) is 0 Å². The molecule has 1 amide bonds. The van der Waals surface area contributed by atoms with Crippen LogP contribution in [-0.4, -0.2) is 15.9 Å². The number of benzene rings is 3. The van der Waals surface area contributed by atoms with Crippen LogP contribution in [0.5, 0.6) is 11.5 Å². The van der Waals surface area contributed by atoms with Crippen molar-refractivity contribution in [3.63, 3.8) is 0 Å². The minimum absolute atomic E-state index is 0.284. The topological polar surface area (TPSA) is 76.1 Å². The first-order chi connectivity index (χ1) is 14.3. The van der Waals surface area contributed by atoms with Gasteiger partial charge in [0.1, 0.15) is 11.5 Å². The Morgan fingerprint density at radius 1 is 0.690 bits per heavy atom. The van der Waals surface area contributed by atoms with Gasteiger partial charge >= 0.3 is 0 Å². The summed E-state index contributed by atoms with van der Waals surface area (Å²) in [7, 11) is 0. The minimum Gasteiger partial charge on any atom is -0.457 e. The molecule has 6 heteroatoms. The van der Waals surface area contributed by atoms with E-state index in [0.717, 1.165) is 11.4 Å².